The summed E-state index contributed by atoms with van der Waals surface area (Å²) in [6.07, 6.45) is -0.578. The first-order valence-corrected chi connectivity index (χ1v) is 7.75. The molecule has 1 heterocycles. The predicted molar refractivity (Wildman–Crippen MR) is 85.0 cm³/mol. The molecule has 0 saturated carbocycles. The molecule has 0 bridgehead atoms. The van der Waals surface area contributed by atoms with Crippen molar-refractivity contribution in [2.24, 2.45) is 0 Å². The number of ether oxygens (including phenoxy) is 2. The number of hydrogen-bond acceptors (Lipinski definition) is 4. The molecule has 7 heteroatoms. The number of rotatable bonds is 5. The van der Waals surface area contributed by atoms with Gasteiger partial charge in [0.15, 0.2) is 6.61 Å². The Bertz CT molecular complexity index is 581. The van der Waals surface area contributed by atoms with Crippen molar-refractivity contribution < 1.29 is 24.2 Å². The number of morpholine rings is 1. The van der Waals surface area contributed by atoms with E-state index in [9.17, 15) is 9.59 Å². The first-order valence-electron chi connectivity index (χ1n) is 7.37. The van der Waals surface area contributed by atoms with Gasteiger partial charge >= 0.3 is 5.97 Å². The van der Waals surface area contributed by atoms with Gasteiger partial charge in [0.2, 0.25) is 0 Å². The number of aryl methyl sites for hydroxylation is 2. The zero-order valence-corrected chi connectivity index (χ0v) is 13.9. The second-order valence-electron chi connectivity index (χ2n) is 5.59. The standard InChI is InChI=1S/C16H20ClNO5/c1-10-5-12(6-11(2)16(10)17)23-9-14(19)18-3-4-22-13(8-18)7-15(20)21/h5-6,13H,3-4,7-9H2,1-2H3,(H,20,21). The molecule has 1 unspecified atom stereocenters. The van der Waals surface area contributed by atoms with Gasteiger partial charge in [0.1, 0.15) is 5.75 Å². The van der Waals surface area contributed by atoms with E-state index in [0.29, 0.717) is 23.9 Å². The Morgan fingerprint density at radius 1 is 1.39 bits per heavy atom. The van der Waals surface area contributed by atoms with E-state index in [2.05, 4.69) is 0 Å². The molecule has 1 N–H and O–H groups in total. The normalized spacial score (nSPS) is 17.9. The topological polar surface area (TPSA) is 76.1 Å². The minimum Gasteiger partial charge on any atom is -0.484 e. The number of carbonyl (C=O) groups excluding carboxylic acids is 1. The maximum atomic E-state index is 12.2. The number of carboxylic acids is 1. The third-order valence-electron chi connectivity index (χ3n) is 3.67. The van der Waals surface area contributed by atoms with Gasteiger partial charge in [-0.25, -0.2) is 0 Å². The summed E-state index contributed by atoms with van der Waals surface area (Å²) < 4.78 is 10.9. The van der Waals surface area contributed by atoms with Crippen molar-refractivity contribution in [3.8, 4) is 5.75 Å². The van der Waals surface area contributed by atoms with Crippen LogP contribution in [0.5, 0.6) is 5.75 Å². The summed E-state index contributed by atoms with van der Waals surface area (Å²) in [7, 11) is 0. The van der Waals surface area contributed by atoms with Crippen molar-refractivity contribution in [2.75, 3.05) is 26.3 Å². The van der Waals surface area contributed by atoms with E-state index in [4.69, 9.17) is 26.2 Å². The van der Waals surface area contributed by atoms with E-state index in [-0.39, 0.29) is 25.5 Å². The van der Waals surface area contributed by atoms with Crippen LogP contribution in [0, 0.1) is 13.8 Å². The highest BCUT2D eigenvalue weighted by atomic mass is 35.5. The number of benzene rings is 1. The van der Waals surface area contributed by atoms with E-state index >= 15 is 0 Å². The molecule has 1 aromatic carbocycles. The molecular formula is C16H20ClNO5. The molecule has 126 valence electrons. The van der Waals surface area contributed by atoms with Crippen molar-refractivity contribution in [1.29, 1.82) is 0 Å². The first kappa shape index (κ1) is 17.6. The molecular weight excluding hydrogens is 322 g/mol. The predicted octanol–water partition coefficient (Wildman–Crippen LogP) is 2.04. The number of aliphatic carboxylic acids is 1. The number of hydrogen-bond donors (Lipinski definition) is 1. The van der Waals surface area contributed by atoms with Gasteiger partial charge in [0.25, 0.3) is 5.91 Å². The molecule has 1 aliphatic rings. The van der Waals surface area contributed by atoms with Crippen LogP contribution in [0.3, 0.4) is 0 Å². The molecule has 0 aliphatic carbocycles. The lowest BCUT2D eigenvalue weighted by Crippen LogP contribution is -2.47. The van der Waals surface area contributed by atoms with Crippen LogP contribution in [0.15, 0.2) is 12.1 Å². The molecule has 1 amide bonds. The minimum atomic E-state index is -0.937. The van der Waals surface area contributed by atoms with Crippen LogP contribution in [0.1, 0.15) is 17.5 Å². The average Bonchev–Trinajstić information content (AvgIpc) is 2.49. The molecule has 2 rings (SSSR count). The Hall–Kier alpha value is -1.79. The van der Waals surface area contributed by atoms with Crippen LogP contribution in [-0.2, 0) is 14.3 Å². The molecule has 1 atom stereocenters. The van der Waals surface area contributed by atoms with Crippen LogP contribution in [0.25, 0.3) is 0 Å². The summed E-state index contributed by atoms with van der Waals surface area (Å²) in [5, 5.41) is 9.49. The fraction of sp³-hybridized carbons (Fsp3) is 0.500. The lowest BCUT2D eigenvalue weighted by atomic mass is 10.1. The third-order valence-corrected chi connectivity index (χ3v) is 4.26. The zero-order valence-electron chi connectivity index (χ0n) is 13.2. The van der Waals surface area contributed by atoms with Gasteiger partial charge in [-0.05, 0) is 37.1 Å². The SMILES string of the molecule is Cc1cc(OCC(=O)N2CCOC(CC(=O)O)C2)cc(C)c1Cl. The van der Waals surface area contributed by atoms with E-state index in [1.165, 1.54) is 0 Å². The molecule has 0 radical (unpaired) electrons. The lowest BCUT2D eigenvalue weighted by Gasteiger charge is -2.32. The quantitative estimate of drug-likeness (QED) is 0.887. The van der Waals surface area contributed by atoms with Crippen molar-refractivity contribution >= 4 is 23.5 Å². The van der Waals surface area contributed by atoms with Gasteiger partial charge in [-0.15, -0.1) is 0 Å². The summed E-state index contributed by atoms with van der Waals surface area (Å²) >= 11 is 6.10. The van der Waals surface area contributed by atoms with Gasteiger partial charge in [-0.1, -0.05) is 11.6 Å². The largest absolute Gasteiger partial charge is 0.484 e. The van der Waals surface area contributed by atoms with Gasteiger partial charge < -0.3 is 19.5 Å². The maximum absolute atomic E-state index is 12.2. The van der Waals surface area contributed by atoms with Crippen molar-refractivity contribution in [1.82, 2.24) is 4.90 Å². The molecule has 1 fully saturated rings. The average molecular weight is 342 g/mol. The van der Waals surface area contributed by atoms with Crippen LogP contribution in [0.4, 0.5) is 0 Å². The molecule has 0 spiro atoms. The number of carboxylic acid groups (broad SMARTS) is 1. The van der Waals surface area contributed by atoms with Gasteiger partial charge in [-0.3, -0.25) is 9.59 Å². The van der Waals surface area contributed by atoms with Gasteiger partial charge in [-0.2, -0.15) is 0 Å². The highest BCUT2D eigenvalue weighted by Crippen LogP contribution is 2.25. The minimum absolute atomic E-state index is 0.0969. The second kappa shape index (κ2) is 7.66. The van der Waals surface area contributed by atoms with E-state index < -0.39 is 12.1 Å². The van der Waals surface area contributed by atoms with Crippen molar-refractivity contribution in [2.45, 2.75) is 26.4 Å². The van der Waals surface area contributed by atoms with Gasteiger partial charge in [0.05, 0.1) is 19.1 Å². The van der Waals surface area contributed by atoms with Crippen LogP contribution in [-0.4, -0.2) is 54.3 Å². The Kier molecular flexibility index (Phi) is 5.85. The maximum Gasteiger partial charge on any atom is 0.306 e. The van der Waals surface area contributed by atoms with Crippen molar-refractivity contribution in [3.63, 3.8) is 0 Å². The number of halogens is 1. The highest BCUT2D eigenvalue weighted by molar-refractivity contribution is 6.32. The summed E-state index contributed by atoms with van der Waals surface area (Å²) in [5.41, 5.74) is 1.78. The lowest BCUT2D eigenvalue weighted by molar-refractivity contribution is -0.148. The summed E-state index contributed by atoms with van der Waals surface area (Å²) in [6.45, 7) is 4.71. The Labute approximate surface area is 139 Å². The second-order valence-corrected chi connectivity index (χ2v) is 5.97. The Morgan fingerprint density at radius 2 is 2.04 bits per heavy atom. The van der Waals surface area contributed by atoms with E-state index in [1.54, 1.807) is 17.0 Å². The summed E-state index contributed by atoms with van der Waals surface area (Å²) in [6, 6.07) is 3.57. The van der Waals surface area contributed by atoms with Crippen LogP contribution < -0.4 is 4.74 Å². The highest BCUT2D eigenvalue weighted by Gasteiger charge is 2.26. The fourth-order valence-electron chi connectivity index (χ4n) is 2.49. The molecule has 1 aliphatic heterocycles. The fourth-order valence-corrected chi connectivity index (χ4v) is 2.60. The van der Waals surface area contributed by atoms with E-state index in [0.717, 1.165) is 11.1 Å². The monoisotopic (exact) mass is 341 g/mol. The first-order chi connectivity index (χ1) is 10.9. The Morgan fingerprint density at radius 3 is 2.65 bits per heavy atom. The molecule has 23 heavy (non-hydrogen) atoms. The molecule has 1 aromatic rings. The number of amides is 1. The molecule has 1 saturated heterocycles. The van der Waals surface area contributed by atoms with Gasteiger partial charge in [0, 0.05) is 18.1 Å². The third kappa shape index (κ3) is 4.84. The summed E-state index contributed by atoms with van der Waals surface area (Å²) in [5.74, 6) is -0.533. The molecule has 6 nitrogen and oxygen atoms in total. The zero-order chi connectivity index (χ0) is 17.0. The van der Waals surface area contributed by atoms with Crippen LogP contribution in [0.2, 0.25) is 5.02 Å². The van der Waals surface area contributed by atoms with Crippen LogP contribution >= 0.6 is 11.6 Å². The summed E-state index contributed by atoms with van der Waals surface area (Å²) in [4.78, 5) is 24.5. The Balaban J connectivity index is 1.90. The molecule has 0 aromatic heterocycles. The van der Waals surface area contributed by atoms with Crippen molar-refractivity contribution in [3.05, 3.63) is 28.3 Å². The smallest absolute Gasteiger partial charge is 0.306 e. The number of carbonyl (C=O) groups is 2. The number of nitrogens with zero attached hydrogens (tertiary/aromatic N) is 1. The van der Waals surface area contributed by atoms with E-state index in [1.807, 2.05) is 13.8 Å².